The normalized spacial score (nSPS) is 15.2. The molecule has 1 atom stereocenters. The van der Waals surface area contributed by atoms with Gasteiger partial charge in [0.15, 0.2) is 0 Å². The smallest absolute Gasteiger partial charge is 0.0587 e. The molecule has 0 aromatic rings. The lowest BCUT2D eigenvalue weighted by Crippen LogP contribution is -2.37. The second kappa shape index (κ2) is 10.2. The summed E-state index contributed by atoms with van der Waals surface area (Å²) in [6.45, 7) is 12.2. The zero-order valence-corrected chi connectivity index (χ0v) is 13.2. The Labute approximate surface area is 112 Å². The lowest BCUT2D eigenvalue weighted by molar-refractivity contribution is 0.167. The third-order valence-electron chi connectivity index (χ3n) is 3.65. The summed E-state index contributed by atoms with van der Waals surface area (Å²) >= 11 is 2.05. The third kappa shape index (κ3) is 8.06. The van der Waals surface area contributed by atoms with E-state index in [1.54, 1.807) is 7.11 Å². The fourth-order valence-corrected chi connectivity index (χ4v) is 2.49. The van der Waals surface area contributed by atoms with Crippen LogP contribution in [0.15, 0.2) is 0 Å². The van der Waals surface area contributed by atoms with Crippen molar-refractivity contribution in [3.8, 4) is 0 Å². The third-order valence-corrected chi connectivity index (χ3v) is 4.63. The number of thioether (sulfide) groups is 1. The molecule has 17 heavy (non-hydrogen) atoms. The highest BCUT2D eigenvalue weighted by molar-refractivity contribution is 7.99. The van der Waals surface area contributed by atoms with Gasteiger partial charge in [-0.1, -0.05) is 27.7 Å². The maximum Gasteiger partial charge on any atom is 0.0587 e. The number of hydrogen-bond acceptors (Lipinski definition) is 3. The molecule has 0 spiro atoms. The van der Waals surface area contributed by atoms with Crippen molar-refractivity contribution in [3.05, 3.63) is 0 Å². The molecule has 0 bridgehead atoms. The second-order valence-corrected chi connectivity index (χ2v) is 6.67. The van der Waals surface area contributed by atoms with Crippen molar-refractivity contribution in [1.82, 2.24) is 5.32 Å². The molecule has 0 saturated carbocycles. The maximum absolute atomic E-state index is 5.06. The first-order valence-electron chi connectivity index (χ1n) is 6.84. The van der Waals surface area contributed by atoms with E-state index in [1.807, 2.05) is 0 Å². The van der Waals surface area contributed by atoms with Crippen LogP contribution in [0, 0.1) is 11.3 Å². The molecule has 0 aliphatic rings. The summed E-state index contributed by atoms with van der Waals surface area (Å²) in [6, 6.07) is 0. The molecule has 0 amide bonds. The average molecular weight is 261 g/mol. The molecule has 0 heterocycles. The van der Waals surface area contributed by atoms with Gasteiger partial charge in [0.05, 0.1) is 6.61 Å². The van der Waals surface area contributed by atoms with Gasteiger partial charge in [0.25, 0.3) is 0 Å². The molecule has 2 nitrogen and oxygen atoms in total. The molecule has 3 heteroatoms. The summed E-state index contributed by atoms with van der Waals surface area (Å²) in [5, 5.41) is 3.52. The predicted molar refractivity (Wildman–Crippen MR) is 79.9 cm³/mol. The molecule has 1 N–H and O–H groups in total. The monoisotopic (exact) mass is 261 g/mol. The summed E-state index contributed by atoms with van der Waals surface area (Å²) in [7, 11) is 1.76. The van der Waals surface area contributed by atoms with Gasteiger partial charge in [0, 0.05) is 20.2 Å². The van der Waals surface area contributed by atoms with Crippen LogP contribution < -0.4 is 5.32 Å². The van der Waals surface area contributed by atoms with Crippen LogP contribution in [0.2, 0.25) is 0 Å². The van der Waals surface area contributed by atoms with E-state index in [0.29, 0.717) is 5.41 Å². The number of rotatable bonds is 11. The van der Waals surface area contributed by atoms with Crippen LogP contribution in [0.3, 0.4) is 0 Å². The zero-order valence-electron chi connectivity index (χ0n) is 12.3. The first-order chi connectivity index (χ1) is 8.06. The van der Waals surface area contributed by atoms with E-state index in [9.17, 15) is 0 Å². The van der Waals surface area contributed by atoms with Crippen LogP contribution in [0.5, 0.6) is 0 Å². The molecule has 0 saturated heterocycles. The summed E-state index contributed by atoms with van der Waals surface area (Å²) in [5.74, 6) is 3.27. The highest BCUT2D eigenvalue weighted by Crippen LogP contribution is 2.32. The van der Waals surface area contributed by atoms with Crippen molar-refractivity contribution in [1.29, 1.82) is 0 Å². The topological polar surface area (TPSA) is 21.3 Å². The van der Waals surface area contributed by atoms with E-state index in [-0.39, 0.29) is 0 Å². The van der Waals surface area contributed by atoms with E-state index in [1.165, 1.54) is 24.3 Å². The Morgan fingerprint density at radius 1 is 1.35 bits per heavy atom. The molecule has 0 rings (SSSR count). The summed E-state index contributed by atoms with van der Waals surface area (Å²) in [4.78, 5) is 0. The van der Waals surface area contributed by atoms with E-state index in [4.69, 9.17) is 4.74 Å². The fraction of sp³-hybridized carbons (Fsp3) is 1.00. The second-order valence-electron chi connectivity index (χ2n) is 5.28. The molecule has 0 radical (unpaired) electrons. The Balaban J connectivity index is 3.90. The Bertz CT molecular complexity index is 162. The van der Waals surface area contributed by atoms with Crippen molar-refractivity contribution < 1.29 is 4.74 Å². The highest BCUT2D eigenvalue weighted by Gasteiger charge is 2.27. The van der Waals surface area contributed by atoms with Gasteiger partial charge < -0.3 is 10.1 Å². The number of methoxy groups -OCH3 is 1. The van der Waals surface area contributed by atoms with Crippen LogP contribution in [0.25, 0.3) is 0 Å². The maximum atomic E-state index is 5.06. The minimum Gasteiger partial charge on any atom is -0.383 e. The molecular weight excluding hydrogens is 230 g/mol. The summed E-state index contributed by atoms with van der Waals surface area (Å²) < 4.78 is 5.06. The standard InChI is InChI=1S/C14H31NOS/c1-6-17-11-7-8-14(4,13(2)3)12-15-9-10-16-5/h13,15H,6-12H2,1-5H3. The van der Waals surface area contributed by atoms with Crippen molar-refractivity contribution in [3.63, 3.8) is 0 Å². The Kier molecular flexibility index (Phi) is 10.4. The van der Waals surface area contributed by atoms with Gasteiger partial charge >= 0.3 is 0 Å². The SMILES string of the molecule is CCSCCCC(C)(CNCCOC)C(C)C. The number of ether oxygens (including phenoxy) is 1. The van der Waals surface area contributed by atoms with E-state index >= 15 is 0 Å². The first kappa shape index (κ1) is 17.3. The van der Waals surface area contributed by atoms with Gasteiger partial charge in [0.2, 0.25) is 0 Å². The lowest BCUT2D eigenvalue weighted by Gasteiger charge is -2.34. The highest BCUT2D eigenvalue weighted by atomic mass is 32.2. The Hall–Kier alpha value is 0.270. The fourth-order valence-electron chi connectivity index (χ4n) is 1.85. The minimum absolute atomic E-state index is 0.419. The number of hydrogen-bond donors (Lipinski definition) is 1. The zero-order chi connectivity index (χ0) is 13.1. The van der Waals surface area contributed by atoms with Crippen LogP contribution in [0.1, 0.15) is 40.5 Å². The van der Waals surface area contributed by atoms with Gasteiger partial charge in [-0.2, -0.15) is 11.8 Å². The van der Waals surface area contributed by atoms with Crippen molar-refractivity contribution in [2.24, 2.45) is 11.3 Å². The summed E-state index contributed by atoms with van der Waals surface area (Å²) in [6.07, 6.45) is 2.65. The van der Waals surface area contributed by atoms with Crippen LogP contribution >= 0.6 is 11.8 Å². The molecule has 0 aromatic carbocycles. The molecule has 0 fully saturated rings. The number of nitrogens with one attached hydrogen (secondary N) is 1. The molecular formula is C14H31NOS. The Morgan fingerprint density at radius 3 is 2.59 bits per heavy atom. The van der Waals surface area contributed by atoms with Gasteiger partial charge in [-0.25, -0.2) is 0 Å². The van der Waals surface area contributed by atoms with Crippen molar-refractivity contribution in [2.45, 2.75) is 40.5 Å². The first-order valence-corrected chi connectivity index (χ1v) is 7.99. The van der Waals surface area contributed by atoms with Gasteiger partial charge in [-0.3, -0.25) is 0 Å². The average Bonchev–Trinajstić information content (AvgIpc) is 2.30. The minimum atomic E-state index is 0.419. The molecule has 0 aliphatic heterocycles. The van der Waals surface area contributed by atoms with Crippen LogP contribution in [-0.4, -0.2) is 38.3 Å². The molecule has 0 aliphatic carbocycles. The van der Waals surface area contributed by atoms with Gasteiger partial charge in [-0.05, 0) is 35.7 Å². The van der Waals surface area contributed by atoms with E-state index < -0.39 is 0 Å². The van der Waals surface area contributed by atoms with Crippen LogP contribution in [-0.2, 0) is 4.74 Å². The predicted octanol–water partition coefficient (Wildman–Crippen LogP) is 3.42. The van der Waals surface area contributed by atoms with Crippen molar-refractivity contribution in [2.75, 3.05) is 38.3 Å². The van der Waals surface area contributed by atoms with Crippen LogP contribution in [0.4, 0.5) is 0 Å². The molecule has 104 valence electrons. The molecule has 0 aromatic heterocycles. The summed E-state index contributed by atoms with van der Waals surface area (Å²) in [5.41, 5.74) is 0.419. The lowest BCUT2D eigenvalue weighted by atomic mass is 9.75. The van der Waals surface area contributed by atoms with E-state index in [2.05, 4.69) is 44.8 Å². The van der Waals surface area contributed by atoms with Gasteiger partial charge in [-0.15, -0.1) is 0 Å². The van der Waals surface area contributed by atoms with Gasteiger partial charge in [0.1, 0.15) is 0 Å². The molecule has 1 unspecified atom stereocenters. The van der Waals surface area contributed by atoms with E-state index in [0.717, 1.165) is 25.6 Å². The van der Waals surface area contributed by atoms with Crippen molar-refractivity contribution >= 4 is 11.8 Å². The quantitative estimate of drug-likeness (QED) is 0.576. The Morgan fingerprint density at radius 2 is 2.06 bits per heavy atom. The largest absolute Gasteiger partial charge is 0.383 e.